The number of nitrogens with zero attached hydrogens (tertiary/aromatic N) is 1. The van der Waals surface area contributed by atoms with Crippen molar-refractivity contribution in [3.63, 3.8) is 0 Å². The molecule has 1 saturated heterocycles. The molecule has 17 heavy (non-hydrogen) atoms. The van der Waals surface area contributed by atoms with E-state index in [-0.39, 0.29) is 17.8 Å². The van der Waals surface area contributed by atoms with E-state index in [1.54, 1.807) is 0 Å². The fourth-order valence-corrected chi connectivity index (χ4v) is 2.28. The Balaban J connectivity index is 1.80. The molecular formula is C13H17ClN2O. The van der Waals surface area contributed by atoms with Crippen LogP contribution in [-0.4, -0.2) is 35.8 Å². The van der Waals surface area contributed by atoms with Gasteiger partial charge in [0.25, 0.3) is 0 Å². The lowest BCUT2D eigenvalue weighted by Crippen LogP contribution is -2.37. The zero-order valence-electron chi connectivity index (χ0n) is 9.73. The Hall–Kier alpha value is -1.06. The Morgan fingerprint density at radius 3 is 2.88 bits per heavy atom. The number of carbonyl (C=O) groups excluding carboxylic acids is 1. The zero-order chi connectivity index (χ0) is 12.1. The van der Waals surface area contributed by atoms with Crippen LogP contribution in [0.15, 0.2) is 30.3 Å². The first-order valence-electron chi connectivity index (χ1n) is 5.89. The van der Waals surface area contributed by atoms with Gasteiger partial charge in [-0.2, -0.15) is 0 Å². The summed E-state index contributed by atoms with van der Waals surface area (Å²) in [6, 6.07) is 10.6. The van der Waals surface area contributed by atoms with E-state index in [2.05, 4.69) is 34.5 Å². The highest BCUT2D eigenvalue weighted by Gasteiger charge is 2.23. The van der Waals surface area contributed by atoms with E-state index in [4.69, 9.17) is 11.6 Å². The minimum Gasteiger partial charge on any atom is -0.351 e. The average molecular weight is 253 g/mol. The van der Waals surface area contributed by atoms with Crippen LogP contribution in [0.2, 0.25) is 0 Å². The van der Waals surface area contributed by atoms with Crippen molar-refractivity contribution >= 4 is 17.5 Å². The Bertz CT molecular complexity index is 369. The molecule has 0 spiro atoms. The molecule has 1 fully saturated rings. The standard InChI is InChI=1S/C13H17ClN2O/c14-8-13(17)15-12-6-7-16(10-12)9-11-4-2-1-3-5-11/h1-5,12H,6-10H2,(H,15,17)/t12-/m0/s1. The Morgan fingerprint density at radius 1 is 1.41 bits per heavy atom. The maximum Gasteiger partial charge on any atom is 0.235 e. The highest BCUT2D eigenvalue weighted by molar-refractivity contribution is 6.27. The second kappa shape index (κ2) is 6.03. The number of hydrogen-bond donors (Lipinski definition) is 1. The zero-order valence-corrected chi connectivity index (χ0v) is 10.5. The molecule has 0 unspecified atom stereocenters. The molecule has 1 aliphatic rings. The summed E-state index contributed by atoms with van der Waals surface area (Å²) < 4.78 is 0. The molecule has 1 aromatic rings. The van der Waals surface area contributed by atoms with E-state index < -0.39 is 0 Å². The SMILES string of the molecule is O=C(CCl)N[C@H]1CCN(Cc2ccccc2)C1. The second-order valence-corrected chi connectivity index (χ2v) is 4.67. The molecule has 1 atom stereocenters. The molecule has 3 nitrogen and oxygen atoms in total. The summed E-state index contributed by atoms with van der Waals surface area (Å²) in [5, 5.41) is 2.93. The molecule has 1 N–H and O–H groups in total. The van der Waals surface area contributed by atoms with Crippen LogP contribution in [0.1, 0.15) is 12.0 Å². The van der Waals surface area contributed by atoms with Gasteiger partial charge in [0.2, 0.25) is 5.91 Å². The van der Waals surface area contributed by atoms with Gasteiger partial charge in [0, 0.05) is 25.7 Å². The topological polar surface area (TPSA) is 32.3 Å². The van der Waals surface area contributed by atoms with Crippen molar-refractivity contribution < 1.29 is 4.79 Å². The molecule has 92 valence electrons. The predicted octanol–water partition coefficient (Wildman–Crippen LogP) is 1.62. The number of likely N-dealkylation sites (tertiary alicyclic amines) is 1. The third-order valence-electron chi connectivity index (χ3n) is 3.01. The second-order valence-electron chi connectivity index (χ2n) is 4.41. The highest BCUT2D eigenvalue weighted by atomic mass is 35.5. The number of alkyl halides is 1. The average Bonchev–Trinajstić information content (AvgIpc) is 2.77. The van der Waals surface area contributed by atoms with Crippen molar-refractivity contribution in [2.45, 2.75) is 19.0 Å². The Kier molecular flexibility index (Phi) is 4.40. The molecule has 1 amide bonds. The van der Waals surface area contributed by atoms with Crippen molar-refractivity contribution in [1.82, 2.24) is 10.2 Å². The highest BCUT2D eigenvalue weighted by Crippen LogP contribution is 2.13. The van der Waals surface area contributed by atoms with E-state index >= 15 is 0 Å². The van der Waals surface area contributed by atoms with Crippen LogP contribution in [0, 0.1) is 0 Å². The minimum atomic E-state index is -0.0711. The summed E-state index contributed by atoms with van der Waals surface area (Å²) in [6.45, 7) is 2.90. The lowest BCUT2D eigenvalue weighted by molar-refractivity contribution is -0.119. The summed E-state index contributed by atoms with van der Waals surface area (Å²) >= 11 is 5.47. The summed E-state index contributed by atoms with van der Waals surface area (Å²) in [4.78, 5) is 13.5. The summed E-state index contributed by atoms with van der Waals surface area (Å²) in [5.41, 5.74) is 1.32. The molecule has 0 saturated carbocycles. The van der Waals surface area contributed by atoms with Gasteiger partial charge in [-0.25, -0.2) is 0 Å². The fraction of sp³-hybridized carbons (Fsp3) is 0.462. The first kappa shape index (κ1) is 12.4. The summed E-state index contributed by atoms with van der Waals surface area (Å²) in [7, 11) is 0. The van der Waals surface area contributed by atoms with Crippen LogP contribution < -0.4 is 5.32 Å². The lowest BCUT2D eigenvalue weighted by Gasteiger charge is -2.16. The van der Waals surface area contributed by atoms with Gasteiger partial charge in [0.1, 0.15) is 5.88 Å². The van der Waals surface area contributed by atoms with Gasteiger partial charge >= 0.3 is 0 Å². The van der Waals surface area contributed by atoms with E-state index in [0.29, 0.717) is 0 Å². The largest absolute Gasteiger partial charge is 0.351 e. The maximum absolute atomic E-state index is 11.2. The van der Waals surface area contributed by atoms with Gasteiger partial charge in [0.05, 0.1) is 0 Å². The number of amides is 1. The normalized spacial score (nSPS) is 20.4. The minimum absolute atomic E-state index is 0.0508. The van der Waals surface area contributed by atoms with E-state index in [1.165, 1.54) is 5.56 Å². The van der Waals surface area contributed by atoms with Crippen molar-refractivity contribution in [3.8, 4) is 0 Å². The molecule has 0 aliphatic carbocycles. The van der Waals surface area contributed by atoms with Gasteiger partial charge in [-0.05, 0) is 12.0 Å². The molecule has 0 radical (unpaired) electrons. The van der Waals surface area contributed by atoms with Crippen LogP contribution in [0.5, 0.6) is 0 Å². The molecule has 4 heteroatoms. The van der Waals surface area contributed by atoms with Crippen LogP contribution in [-0.2, 0) is 11.3 Å². The molecule has 1 aliphatic heterocycles. The number of halogens is 1. The van der Waals surface area contributed by atoms with Gasteiger partial charge in [-0.1, -0.05) is 30.3 Å². The molecule has 0 aromatic heterocycles. The number of nitrogens with one attached hydrogen (secondary N) is 1. The molecule has 1 aromatic carbocycles. The van der Waals surface area contributed by atoms with Gasteiger partial charge in [-0.3, -0.25) is 9.69 Å². The third kappa shape index (κ3) is 3.72. The van der Waals surface area contributed by atoms with E-state index in [0.717, 1.165) is 26.1 Å². The molecule has 1 heterocycles. The van der Waals surface area contributed by atoms with Crippen LogP contribution in [0.3, 0.4) is 0 Å². The predicted molar refractivity (Wildman–Crippen MR) is 69.0 cm³/mol. The first-order chi connectivity index (χ1) is 8.28. The number of benzene rings is 1. The van der Waals surface area contributed by atoms with Crippen molar-refractivity contribution in [1.29, 1.82) is 0 Å². The number of hydrogen-bond acceptors (Lipinski definition) is 2. The number of rotatable bonds is 4. The van der Waals surface area contributed by atoms with Crippen LogP contribution in [0.4, 0.5) is 0 Å². The fourth-order valence-electron chi connectivity index (χ4n) is 2.20. The van der Waals surface area contributed by atoms with Crippen LogP contribution >= 0.6 is 11.6 Å². The number of carbonyl (C=O) groups is 1. The molecule has 0 bridgehead atoms. The van der Waals surface area contributed by atoms with E-state index in [1.807, 2.05) is 6.07 Å². The molecule has 2 rings (SSSR count). The first-order valence-corrected chi connectivity index (χ1v) is 6.43. The van der Waals surface area contributed by atoms with Crippen molar-refractivity contribution in [2.75, 3.05) is 19.0 Å². The van der Waals surface area contributed by atoms with E-state index in [9.17, 15) is 4.79 Å². The summed E-state index contributed by atoms with van der Waals surface area (Å²) in [5.74, 6) is -0.0203. The third-order valence-corrected chi connectivity index (χ3v) is 3.25. The van der Waals surface area contributed by atoms with Gasteiger partial charge < -0.3 is 5.32 Å². The monoisotopic (exact) mass is 252 g/mol. The quantitative estimate of drug-likeness (QED) is 0.826. The maximum atomic E-state index is 11.2. The lowest BCUT2D eigenvalue weighted by atomic mass is 10.2. The van der Waals surface area contributed by atoms with Gasteiger partial charge in [0.15, 0.2) is 0 Å². The smallest absolute Gasteiger partial charge is 0.235 e. The Morgan fingerprint density at radius 2 is 2.18 bits per heavy atom. The van der Waals surface area contributed by atoms with Crippen molar-refractivity contribution in [2.24, 2.45) is 0 Å². The van der Waals surface area contributed by atoms with Crippen molar-refractivity contribution in [3.05, 3.63) is 35.9 Å². The van der Waals surface area contributed by atoms with Crippen LogP contribution in [0.25, 0.3) is 0 Å². The van der Waals surface area contributed by atoms with Gasteiger partial charge in [-0.15, -0.1) is 11.6 Å². The Labute approximate surface area is 107 Å². The summed E-state index contributed by atoms with van der Waals surface area (Å²) in [6.07, 6.45) is 1.01. The molecular weight excluding hydrogens is 236 g/mol.